The van der Waals surface area contributed by atoms with Crippen LogP contribution in [0.3, 0.4) is 0 Å². The van der Waals surface area contributed by atoms with Crippen LogP contribution in [-0.2, 0) is 5.41 Å². The highest BCUT2D eigenvalue weighted by Gasteiger charge is 2.25. The molecule has 20 heavy (non-hydrogen) atoms. The summed E-state index contributed by atoms with van der Waals surface area (Å²) in [7, 11) is -3.18. The van der Waals surface area contributed by atoms with Gasteiger partial charge in [0.05, 0.1) is 0 Å². The maximum atomic E-state index is 6.24. The summed E-state index contributed by atoms with van der Waals surface area (Å²) in [4.78, 5) is 0. The highest BCUT2D eigenvalue weighted by Crippen LogP contribution is 2.36. The lowest BCUT2D eigenvalue weighted by atomic mass is 9.86. The molecule has 1 aromatic rings. The molecule has 0 N–H and O–H groups in total. The highest BCUT2D eigenvalue weighted by atomic mass is 28.4. The van der Waals surface area contributed by atoms with E-state index in [0.717, 1.165) is 11.5 Å². The Balaban J connectivity index is 3.21. The van der Waals surface area contributed by atoms with Crippen LogP contribution in [0, 0.1) is 0 Å². The molecule has 0 saturated heterocycles. The summed E-state index contributed by atoms with van der Waals surface area (Å²) in [5.41, 5.74) is 1.28. The van der Waals surface area contributed by atoms with E-state index in [9.17, 15) is 0 Å². The Kier molecular flexibility index (Phi) is 4.81. The molecule has 4 heteroatoms. The van der Waals surface area contributed by atoms with Crippen molar-refractivity contribution < 1.29 is 8.85 Å². The average Bonchev–Trinajstić information content (AvgIpc) is 2.14. The Morgan fingerprint density at radius 3 is 1.70 bits per heavy atom. The zero-order chi connectivity index (χ0) is 15.8. The molecule has 0 aromatic heterocycles. The minimum atomic E-state index is -1.60. The molecule has 1 aromatic carbocycles. The predicted octanol–water partition coefficient (Wildman–Crippen LogP) is 5.41. The molecular weight excluding hydrogens is 280 g/mol. The monoisotopic (exact) mass is 310 g/mol. The molecule has 0 unspecified atom stereocenters. The molecule has 1 rings (SSSR count). The fourth-order valence-corrected chi connectivity index (χ4v) is 3.60. The number of hydrogen-bond acceptors (Lipinski definition) is 2. The Bertz CT molecular complexity index is 463. The van der Waals surface area contributed by atoms with Gasteiger partial charge in [-0.1, -0.05) is 20.8 Å². The second kappa shape index (κ2) is 5.56. The van der Waals surface area contributed by atoms with Crippen LogP contribution in [0.5, 0.6) is 11.5 Å². The third-order valence-corrected chi connectivity index (χ3v) is 4.28. The molecule has 0 radical (unpaired) electrons. The van der Waals surface area contributed by atoms with Gasteiger partial charge in [-0.25, -0.2) is 0 Å². The molecular formula is C16H30O2Si2. The van der Waals surface area contributed by atoms with Crippen LogP contribution in [-0.4, -0.2) is 16.6 Å². The van der Waals surface area contributed by atoms with Crippen LogP contribution < -0.4 is 8.85 Å². The third kappa shape index (κ3) is 5.71. The maximum Gasteiger partial charge on any atom is 0.242 e. The van der Waals surface area contributed by atoms with E-state index >= 15 is 0 Å². The van der Waals surface area contributed by atoms with E-state index < -0.39 is 16.6 Å². The molecule has 2 nitrogen and oxygen atoms in total. The smallest absolute Gasteiger partial charge is 0.242 e. The van der Waals surface area contributed by atoms with Crippen molar-refractivity contribution in [2.75, 3.05) is 0 Å². The number of benzene rings is 1. The van der Waals surface area contributed by atoms with Crippen LogP contribution in [0.1, 0.15) is 26.3 Å². The van der Waals surface area contributed by atoms with Crippen molar-refractivity contribution in [2.45, 2.75) is 65.5 Å². The van der Waals surface area contributed by atoms with Gasteiger partial charge in [-0.3, -0.25) is 0 Å². The van der Waals surface area contributed by atoms with Gasteiger partial charge in [0.15, 0.2) is 0 Å². The van der Waals surface area contributed by atoms with Crippen LogP contribution in [0.2, 0.25) is 39.3 Å². The second-order valence-electron chi connectivity index (χ2n) is 8.34. The van der Waals surface area contributed by atoms with Crippen molar-refractivity contribution in [1.29, 1.82) is 0 Å². The van der Waals surface area contributed by atoms with Gasteiger partial charge in [-0.15, -0.1) is 0 Å². The largest absolute Gasteiger partial charge is 0.544 e. The van der Waals surface area contributed by atoms with E-state index in [1.165, 1.54) is 5.56 Å². The van der Waals surface area contributed by atoms with Gasteiger partial charge in [-0.2, -0.15) is 0 Å². The molecule has 0 heterocycles. The minimum Gasteiger partial charge on any atom is -0.544 e. The normalized spacial score (nSPS) is 13.2. The summed E-state index contributed by atoms with van der Waals surface area (Å²) in [6, 6.07) is 6.28. The number of rotatable bonds is 4. The zero-order valence-corrected chi connectivity index (χ0v) is 16.5. The lowest BCUT2D eigenvalue weighted by molar-refractivity contribution is 0.498. The SMILES string of the molecule is CC(C)(C)c1cc(O[Si](C)(C)C)ccc1O[Si](C)(C)C. The van der Waals surface area contributed by atoms with Crippen molar-refractivity contribution in [2.24, 2.45) is 0 Å². The molecule has 0 fully saturated rings. The molecule has 0 atom stereocenters. The highest BCUT2D eigenvalue weighted by molar-refractivity contribution is 6.70. The summed E-state index contributed by atoms with van der Waals surface area (Å²) >= 11 is 0. The quantitative estimate of drug-likeness (QED) is 0.692. The summed E-state index contributed by atoms with van der Waals surface area (Å²) in [6.07, 6.45) is 0. The predicted molar refractivity (Wildman–Crippen MR) is 93.1 cm³/mol. The third-order valence-electron chi connectivity index (χ3n) is 2.60. The zero-order valence-electron chi connectivity index (χ0n) is 14.5. The van der Waals surface area contributed by atoms with Crippen molar-refractivity contribution >= 4 is 16.6 Å². The first kappa shape index (κ1) is 17.3. The topological polar surface area (TPSA) is 18.5 Å². The van der Waals surface area contributed by atoms with Crippen molar-refractivity contribution in [3.8, 4) is 11.5 Å². The summed E-state index contributed by atoms with van der Waals surface area (Å²) in [5.74, 6) is 1.98. The molecule has 0 amide bonds. The van der Waals surface area contributed by atoms with Crippen LogP contribution >= 0.6 is 0 Å². The Morgan fingerprint density at radius 1 is 0.800 bits per heavy atom. The van der Waals surface area contributed by atoms with Crippen molar-refractivity contribution in [1.82, 2.24) is 0 Å². The standard InChI is InChI=1S/C16H30O2Si2/c1-16(2,3)14-12-13(17-19(4,5)6)10-11-15(14)18-20(7,8)9/h10-12H,1-9H3. The van der Waals surface area contributed by atoms with E-state index in [1.807, 2.05) is 6.07 Å². The maximum absolute atomic E-state index is 6.24. The molecule has 0 spiro atoms. The van der Waals surface area contributed by atoms with E-state index in [4.69, 9.17) is 8.85 Å². The second-order valence-corrected chi connectivity index (χ2v) is 17.2. The summed E-state index contributed by atoms with van der Waals surface area (Å²) < 4.78 is 12.4. The summed E-state index contributed by atoms with van der Waals surface area (Å²) in [5, 5.41) is 0. The van der Waals surface area contributed by atoms with Crippen LogP contribution in [0.4, 0.5) is 0 Å². The molecule has 0 bridgehead atoms. The molecule has 0 aliphatic carbocycles. The van der Waals surface area contributed by atoms with Gasteiger partial charge >= 0.3 is 0 Å². The van der Waals surface area contributed by atoms with Crippen molar-refractivity contribution in [3.05, 3.63) is 23.8 Å². The van der Waals surface area contributed by atoms with Gasteiger partial charge in [0.2, 0.25) is 16.6 Å². The molecule has 0 aliphatic heterocycles. The van der Waals surface area contributed by atoms with Gasteiger partial charge in [0.1, 0.15) is 11.5 Å². The summed E-state index contributed by atoms with van der Waals surface area (Å²) in [6.45, 7) is 19.9. The number of hydrogen-bond donors (Lipinski definition) is 0. The Hall–Kier alpha value is -0.746. The van der Waals surface area contributed by atoms with Crippen LogP contribution in [0.15, 0.2) is 18.2 Å². The first-order valence-electron chi connectivity index (χ1n) is 7.30. The van der Waals surface area contributed by atoms with Gasteiger partial charge < -0.3 is 8.85 Å². The fourth-order valence-electron chi connectivity index (χ4n) is 1.93. The molecule has 0 saturated carbocycles. The van der Waals surface area contributed by atoms with Gasteiger partial charge in [-0.05, 0) is 62.9 Å². The van der Waals surface area contributed by atoms with E-state index in [0.29, 0.717) is 0 Å². The first-order chi connectivity index (χ1) is 8.78. The minimum absolute atomic E-state index is 0.0494. The van der Waals surface area contributed by atoms with E-state index in [-0.39, 0.29) is 5.41 Å². The lowest BCUT2D eigenvalue weighted by Crippen LogP contribution is -2.31. The van der Waals surface area contributed by atoms with E-state index in [1.54, 1.807) is 0 Å². The Morgan fingerprint density at radius 2 is 1.30 bits per heavy atom. The van der Waals surface area contributed by atoms with Crippen molar-refractivity contribution in [3.63, 3.8) is 0 Å². The fraction of sp³-hybridized carbons (Fsp3) is 0.625. The molecule has 0 aliphatic rings. The van der Waals surface area contributed by atoms with Gasteiger partial charge in [0.25, 0.3) is 0 Å². The lowest BCUT2D eigenvalue weighted by Gasteiger charge is -2.29. The Labute approximate surface area is 126 Å². The first-order valence-corrected chi connectivity index (χ1v) is 14.1. The van der Waals surface area contributed by atoms with Crippen LogP contribution in [0.25, 0.3) is 0 Å². The van der Waals surface area contributed by atoms with E-state index in [2.05, 4.69) is 72.2 Å². The average molecular weight is 311 g/mol. The molecule has 114 valence electrons. The van der Waals surface area contributed by atoms with Gasteiger partial charge in [0, 0.05) is 5.56 Å².